The summed E-state index contributed by atoms with van der Waals surface area (Å²) in [5.41, 5.74) is 3.69. The number of hydrogen-bond donors (Lipinski definition) is 2. The smallest absolute Gasteiger partial charge is 0.154 e. The van der Waals surface area contributed by atoms with E-state index in [9.17, 15) is 5.11 Å². The largest absolute Gasteiger partial charge is 0.508 e. The van der Waals surface area contributed by atoms with Crippen LogP contribution in [0.1, 0.15) is 5.56 Å². The number of phenolic OH excluding ortho intramolecular Hbond substituents is 1. The quantitative estimate of drug-likeness (QED) is 0.737. The summed E-state index contributed by atoms with van der Waals surface area (Å²) in [6, 6.07) is 9.08. The lowest BCUT2D eigenvalue weighted by molar-refractivity contribution is 0.475. The molecule has 0 amide bonds. The Labute approximate surface area is 110 Å². The van der Waals surface area contributed by atoms with Crippen molar-refractivity contribution in [2.24, 2.45) is 0 Å². The molecule has 0 unspecified atom stereocenters. The topological polar surface area (TPSA) is 62.5 Å². The van der Waals surface area contributed by atoms with E-state index >= 15 is 0 Å². The lowest BCUT2D eigenvalue weighted by atomic mass is 10.1. The van der Waals surface area contributed by atoms with Crippen LogP contribution in [-0.4, -0.2) is 26.8 Å². The van der Waals surface area contributed by atoms with E-state index in [1.54, 1.807) is 22.8 Å². The Morgan fingerprint density at radius 1 is 1.21 bits per heavy atom. The number of rotatable bonds is 2. The fraction of sp³-hybridized carbons (Fsp3) is 0.143. The van der Waals surface area contributed by atoms with Gasteiger partial charge in [-0.05, 0) is 42.8 Å². The summed E-state index contributed by atoms with van der Waals surface area (Å²) in [7, 11) is 1.83. The fourth-order valence-corrected chi connectivity index (χ4v) is 2.13. The third kappa shape index (κ3) is 1.89. The highest BCUT2D eigenvalue weighted by molar-refractivity contribution is 5.67. The van der Waals surface area contributed by atoms with Gasteiger partial charge in [0.2, 0.25) is 0 Å². The molecule has 0 aliphatic heterocycles. The Balaban J connectivity index is 2.24. The van der Waals surface area contributed by atoms with Gasteiger partial charge in [-0.25, -0.2) is 9.50 Å². The Kier molecular flexibility index (Phi) is 2.59. The van der Waals surface area contributed by atoms with Crippen LogP contribution in [0.4, 0.5) is 5.82 Å². The summed E-state index contributed by atoms with van der Waals surface area (Å²) in [4.78, 5) is 4.34. The van der Waals surface area contributed by atoms with Gasteiger partial charge in [-0.2, -0.15) is 0 Å². The minimum absolute atomic E-state index is 0.263. The Hall–Kier alpha value is -2.56. The van der Waals surface area contributed by atoms with Crippen molar-refractivity contribution in [2.45, 2.75) is 6.92 Å². The zero-order valence-electron chi connectivity index (χ0n) is 10.8. The first-order chi connectivity index (χ1) is 9.19. The second-order valence-corrected chi connectivity index (χ2v) is 4.38. The highest BCUT2D eigenvalue weighted by Crippen LogP contribution is 2.26. The third-order valence-electron chi connectivity index (χ3n) is 3.10. The van der Waals surface area contributed by atoms with Crippen molar-refractivity contribution in [3.63, 3.8) is 0 Å². The van der Waals surface area contributed by atoms with Gasteiger partial charge < -0.3 is 10.4 Å². The van der Waals surface area contributed by atoms with Crippen molar-refractivity contribution in [1.82, 2.24) is 14.6 Å². The zero-order chi connectivity index (χ0) is 13.4. The van der Waals surface area contributed by atoms with Gasteiger partial charge >= 0.3 is 0 Å². The maximum absolute atomic E-state index is 9.48. The molecule has 2 heterocycles. The normalized spacial score (nSPS) is 10.8. The first-order valence-corrected chi connectivity index (χ1v) is 6.01. The molecular weight excluding hydrogens is 240 g/mol. The minimum atomic E-state index is 0.263. The van der Waals surface area contributed by atoms with Crippen LogP contribution < -0.4 is 5.32 Å². The molecule has 19 heavy (non-hydrogen) atoms. The van der Waals surface area contributed by atoms with Crippen molar-refractivity contribution >= 4 is 11.5 Å². The Bertz CT molecular complexity index is 748. The van der Waals surface area contributed by atoms with Gasteiger partial charge in [0.1, 0.15) is 11.6 Å². The molecule has 5 heteroatoms. The second-order valence-electron chi connectivity index (χ2n) is 4.38. The van der Waals surface area contributed by atoms with E-state index in [-0.39, 0.29) is 5.75 Å². The van der Waals surface area contributed by atoms with Gasteiger partial charge in [0.25, 0.3) is 0 Å². The van der Waals surface area contributed by atoms with Gasteiger partial charge in [0, 0.05) is 12.6 Å². The van der Waals surface area contributed by atoms with E-state index in [2.05, 4.69) is 15.4 Å². The molecule has 3 rings (SSSR count). The highest BCUT2D eigenvalue weighted by atomic mass is 16.3. The molecule has 0 saturated heterocycles. The lowest BCUT2D eigenvalue weighted by Crippen LogP contribution is -2.00. The van der Waals surface area contributed by atoms with Crippen LogP contribution in [0.25, 0.3) is 16.9 Å². The molecular formula is C14H14N4O. The highest BCUT2D eigenvalue weighted by Gasteiger charge is 2.10. The molecule has 2 aromatic heterocycles. The molecule has 3 aromatic rings. The number of fused-ring (bicyclic) bond motifs is 1. The van der Waals surface area contributed by atoms with Crippen molar-refractivity contribution in [2.75, 3.05) is 12.4 Å². The standard InChI is InChI=1S/C14H14N4O/c1-9-7-10(19)3-4-11(9)12-8-16-14-6-5-13(15-2)17-18(12)14/h3-8,19H,1-2H3,(H,15,17). The molecule has 5 nitrogen and oxygen atoms in total. The van der Waals surface area contributed by atoms with Crippen molar-refractivity contribution in [1.29, 1.82) is 0 Å². The lowest BCUT2D eigenvalue weighted by Gasteiger charge is -2.06. The molecule has 0 radical (unpaired) electrons. The summed E-state index contributed by atoms with van der Waals surface area (Å²) >= 11 is 0. The fourth-order valence-electron chi connectivity index (χ4n) is 2.13. The number of nitrogens with zero attached hydrogens (tertiary/aromatic N) is 3. The SMILES string of the molecule is CNc1ccc2ncc(-c3ccc(O)cc3C)n2n1. The Morgan fingerprint density at radius 2 is 2.05 bits per heavy atom. The monoisotopic (exact) mass is 254 g/mol. The number of phenols is 1. The minimum Gasteiger partial charge on any atom is -0.508 e. The number of nitrogens with one attached hydrogen (secondary N) is 1. The maximum atomic E-state index is 9.48. The predicted octanol–water partition coefficient (Wildman–Crippen LogP) is 2.45. The summed E-state index contributed by atoms with van der Waals surface area (Å²) in [6.45, 7) is 1.95. The number of anilines is 1. The summed E-state index contributed by atoms with van der Waals surface area (Å²) in [5.74, 6) is 1.04. The molecule has 0 aliphatic carbocycles. The number of aromatic nitrogens is 3. The van der Waals surface area contributed by atoms with Gasteiger partial charge in [0.15, 0.2) is 5.65 Å². The number of hydrogen-bond acceptors (Lipinski definition) is 4. The average molecular weight is 254 g/mol. The van der Waals surface area contributed by atoms with E-state index in [0.29, 0.717) is 0 Å². The van der Waals surface area contributed by atoms with Crippen LogP contribution in [0.5, 0.6) is 5.75 Å². The number of aryl methyl sites for hydroxylation is 1. The van der Waals surface area contributed by atoms with Crippen LogP contribution >= 0.6 is 0 Å². The predicted molar refractivity (Wildman–Crippen MR) is 74.4 cm³/mol. The first-order valence-electron chi connectivity index (χ1n) is 6.01. The number of aromatic hydroxyl groups is 1. The summed E-state index contributed by atoms with van der Waals surface area (Å²) in [5, 5.41) is 17.0. The molecule has 2 N–H and O–H groups in total. The van der Waals surface area contributed by atoms with E-state index in [1.807, 2.05) is 32.2 Å². The third-order valence-corrected chi connectivity index (χ3v) is 3.10. The van der Waals surface area contributed by atoms with E-state index in [1.165, 1.54) is 0 Å². The molecule has 0 atom stereocenters. The van der Waals surface area contributed by atoms with E-state index in [4.69, 9.17) is 0 Å². The van der Waals surface area contributed by atoms with Crippen LogP contribution in [0.3, 0.4) is 0 Å². The molecule has 1 aromatic carbocycles. The molecule has 0 spiro atoms. The molecule has 0 aliphatic rings. The van der Waals surface area contributed by atoms with Crippen LogP contribution in [0.15, 0.2) is 36.5 Å². The van der Waals surface area contributed by atoms with Gasteiger partial charge in [-0.15, -0.1) is 5.10 Å². The average Bonchev–Trinajstić information content (AvgIpc) is 2.81. The van der Waals surface area contributed by atoms with E-state index in [0.717, 1.165) is 28.3 Å². The van der Waals surface area contributed by atoms with Crippen LogP contribution in [-0.2, 0) is 0 Å². The summed E-state index contributed by atoms with van der Waals surface area (Å²) in [6.07, 6.45) is 1.79. The zero-order valence-corrected chi connectivity index (χ0v) is 10.8. The van der Waals surface area contributed by atoms with Crippen molar-refractivity contribution in [3.05, 3.63) is 42.1 Å². The summed E-state index contributed by atoms with van der Waals surface area (Å²) < 4.78 is 1.80. The van der Waals surface area contributed by atoms with Crippen molar-refractivity contribution < 1.29 is 5.11 Å². The van der Waals surface area contributed by atoms with Crippen LogP contribution in [0, 0.1) is 6.92 Å². The molecule has 0 fully saturated rings. The molecule has 0 saturated carbocycles. The van der Waals surface area contributed by atoms with E-state index < -0.39 is 0 Å². The first kappa shape index (κ1) is 11.5. The van der Waals surface area contributed by atoms with Gasteiger partial charge in [0.05, 0.1) is 11.9 Å². The van der Waals surface area contributed by atoms with Crippen molar-refractivity contribution in [3.8, 4) is 17.0 Å². The molecule has 96 valence electrons. The Morgan fingerprint density at radius 3 is 2.79 bits per heavy atom. The van der Waals surface area contributed by atoms with Gasteiger partial charge in [-0.1, -0.05) is 0 Å². The van der Waals surface area contributed by atoms with Gasteiger partial charge in [-0.3, -0.25) is 0 Å². The maximum Gasteiger partial charge on any atom is 0.154 e. The molecule has 0 bridgehead atoms. The van der Waals surface area contributed by atoms with Crippen LogP contribution in [0.2, 0.25) is 0 Å². The number of benzene rings is 1. The number of imidazole rings is 1. The second kappa shape index (κ2) is 4.28.